The lowest BCUT2D eigenvalue weighted by molar-refractivity contribution is -0.140. The van der Waals surface area contributed by atoms with Crippen molar-refractivity contribution in [1.82, 2.24) is 10.2 Å². The van der Waals surface area contributed by atoms with Gasteiger partial charge in [-0.3, -0.25) is 10.1 Å². The lowest BCUT2D eigenvalue weighted by atomic mass is 10.0. The number of anilines is 1. The summed E-state index contributed by atoms with van der Waals surface area (Å²) in [6, 6.07) is 4.77. The Hall–Kier alpha value is -2.00. The summed E-state index contributed by atoms with van der Waals surface area (Å²) < 4.78 is 43.9. The van der Waals surface area contributed by atoms with Crippen LogP contribution in [0.5, 0.6) is 0 Å². The number of ether oxygens (including phenoxy) is 1. The van der Waals surface area contributed by atoms with E-state index >= 15 is 0 Å². The van der Waals surface area contributed by atoms with Crippen LogP contribution >= 0.6 is 11.3 Å². The lowest BCUT2D eigenvalue weighted by Crippen LogP contribution is -2.25. The molecule has 0 saturated heterocycles. The maximum Gasteiger partial charge on any atom is 0.416 e. The summed E-state index contributed by atoms with van der Waals surface area (Å²) in [5.41, 5.74) is 0.222. The fourth-order valence-electron chi connectivity index (χ4n) is 1.76. The van der Waals surface area contributed by atoms with Crippen LogP contribution in [-0.4, -0.2) is 23.2 Å². The second-order valence-corrected chi connectivity index (χ2v) is 4.77. The van der Waals surface area contributed by atoms with E-state index in [0.717, 1.165) is 24.5 Å². The van der Waals surface area contributed by atoms with E-state index in [1.165, 1.54) is 23.7 Å². The van der Waals surface area contributed by atoms with E-state index in [1.807, 2.05) is 0 Å². The molecular weight excluding hydrogens is 307 g/mol. The molecule has 0 bridgehead atoms. The van der Waals surface area contributed by atoms with E-state index in [0.29, 0.717) is 0 Å². The summed E-state index contributed by atoms with van der Waals surface area (Å²) in [5.74, 6) is -0.744. The first kappa shape index (κ1) is 15.4. The van der Waals surface area contributed by atoms with Gasteiger partial charge in [0.15, 0.2) is 6.10 Å². The number of alkyl halides is 3. The van der Waals surface area contributed by atoms with Crippen molar-refractivity contribution in [3.05, 3.63) is 40.9 Å². The van der Waals surface area contributed by atoms with Gasteiger partial charge in [-0.1, -0.05) is 29.5 Å². The molecule has 1 aromatic heterocycles. The number of methoxy groups -OCH3 is 1. The van der Waals surface area contributed by atoms with E-state index in [4.69, 9.17) is 4.74 Å². The molecule has 0 spiro atoms. The molecule has 1 aromatic carbocycles. The Morgan fingerprint density at radius 2 is 2.10 bits per heavy atom. The van der Waals surface area contributed by atoms with Gasteiger partial charge in [0, 0.05) is 12.7 Å². The van der Waals surface area contributed by atoms with Gasteiger partial charge in [-0.2, -0.15) is 13.2 Å². The number of hydrogen-bond donors (Lipinski definition) is 1. The van der Waals surface area contributed by atoms with E-state index in [-0.39, 0.29) is 10.7 Å². The molecule has 2 aromatic rings. The van der Waals surface area contributed by atoms with Crippen LogP contribution in [0.2, 0.25) is 0 Å². The van der Waals surface area contributed by atoms with Gasteiger partial charge in [0.1, 0.15) is 5.51 Å². The number of amides is 1. The van der Waals surface area contributed by atoms with Gasteiger partial charge in [-0.05, 0) is 6.07 Å². The summed E-state index contributed by atoms with van der Waals surface area (Å²) in [6.07, 6.45) is -5.97. The largest absolute Gasteiger partial charge is 0.416 e. The maximum absolute atomic E-state index is 13.0. The molecule has 9 heteroatoms. The smallest absolute Gasteiger partial charge is 0.367 e. The summed E-state index contributed by atoms with van der Waals surface area (Å²) in [7, 11) is 1.16. The zero-order valence-corrected chi connectivity index (χ0v) is 11.5. The number of nitrogens with one attached hydrogen (secondary N) is 1. The van der Waals surface area contributed by atoms with Crippen LogP contribution in [0.3, 0.4) is 0 Å². The van der Waals surface area contributed by atoms with Gasteiger partial charge in [-0.15, -0.1) is 10.2 Å². The molecule has 1 amide bonds. The third kappa shape index (κ3) is 3.56. The number of nitrogens with zero attached hydrogens (tertiary/aromatic N) is 2. The molecule has 1 N–H and O–H groups in total. The molecular formula is C12H10F3N3O2S. The van der Waals surface area contributed by atoms with Crippen molar-refractivity contribution in [3.63, 3.8) is 0 Å². The molecule has 21 heavy (non-hydrogen) atoms. The van der Waals surface area contributed by atoms with Crippen LogP contribution in [0.1, 0.15) is 17.2 Å². The van der Waals surface area contributed by atoms with Gasteiger partial charge >= 0.3 is 6.18 Å². The third-order valence-corrected chi connectivity index (χ3v) is 3.22. The Labute approximate surface area is 121 Å². The molecule has 1 heterocycles. The highest BCUT2D eigenvalue weighted by molar-refractivity contribution is 7.13. The highest BCUT2D eigenvalue weighted by Gasteiger charge is 2.37. The summed E-state index contributed by atoms with van der Waals surface area (Å²) in [5, 5.41) is 9.67. The van der Waals surface area contributed by atoms with Gasteiger partial charge in [0.2, 0.25) is 5.13 Å². The molecule has 1 atom stereocenters. The van der Waals surface area contributed by atoms with E-state index in [2.05, 4.69) is 15.5 Å². The summed E-state index contributed by atoms with van der Waals surface area (Å²) in [6.45, 7) is 0. The highest BCUT2D eigenvalue weighted by atomic mass is 32.1. The quantitative estimate of drug-likeness (QED) is 0.942. The minimum Gasteiger partial charge on any atom is -0.367 e. The Morgan fingerprint density at radius 3 is 2.67 bits per heavy atom. The molecule has 0 radical (unpaired) electrons. The Morgan fingerprint density at radius 1 is 1.38 bits per heavy atom. The SMILES string of the molecule is COC(C(=O)Nc1nncs1)c1ccccc1C(F)(F)F. The number of rotatable bonds is 4. The minimum absolute atomic E-state index is 0.187. The van der Waals surface area contributed by atoms with Crippen LogP contribution in [0.25, 0.3) is 0 Å². The second-order valence-electron chi connectivity index (χ2n) is 3.93. The first-order valence-corrected chi connectivity index (χ1v) is 6.57. The van der Waals surface area contributed by atoms with Crippen LogP contribution in [0, 0.1) is 0 Å². The molecule has 0 saturated carbocycles. The molecule has 0 aliphatic heterocycles. The first-order chi connectivity index (χ1) is 9.93. The minimum atomic E-state index is -4.57. The van der Waals surface area contributed by atoms with E-state index in [1.54, 1.807) is 0 Å². The number of hydrogen-bond acceptors (Lipinski definition) is 5. The fourth-order valence-corrected chi connectivity index (χ4v) is 2.21. The van der Waals surface area contributed by atoms with Crippen LogP contribution < -0.4 is 5.32 Å². The number of halogens is 3. The first-order valence-electron chi connectivity index (χ1n) is 5.69. The molecule has 0 aliphatic rings. The number of benzene rings is 1. The normalized spacial score (nSPS) is 13.0. The van der Waals surface area contributed by atoms with Crippen molar-refractivity contribution in [1.29, 1.82) is 0 Å². The zero-order chi connectivity index (χ0) is 15.5. The number of carbonyl (C=O) groups excluding carboxylic acids is 1. The van der Waals surface area contributed by atoms with Gasteiger partial charge in [-0.25, -0.2) is 0 Å². The van der Waals surface area contributed by atoms with Gasteiger partial charge in [0.25, 0.3) is 5.91 Å². The number of aromatic nitrogens is 2. The van der Waals surface area contributed by atoms with Crippen molar-refractivity contribution < 1.29 is 22.7 Å². The summed E-state index contributed by atoms with van der Waals surface area (Å²) >= 11 is 1.05. The average Bonchev–Trinajstić information content (AvgIpc) is 2.92. The van der Waals surface area contributed by atoms with Crippen LogP contribution in [-0.2, 0) is 15.7 Å². The molecule has 1 unspecified atom stereocenters. The zero-order valence-electron chi connectivity index (χ0n) is 10.7. The van der Waals surface area contributed by atoms with Gasteiger partial charge < -0.3 is 4.74 Å². The van der Waals surface area contributed by atoms with Crippen LogP contribution in [0.15, 0.2) is 29.8 Å². The van der Waals surface area contributed by atoms with Crippen molar-refractivity contribution in [2.24, 2.45) is 0 Å². The van der Waals surface area contributed by atoms with Crippen LogP contribution in [0.4, 0.5) is 18.3 Å². The van der Waals surface area contributed by atoms with Crippen molar-refractivity contribution >= 4 is 22.4 Å². The van der Waals surface area contributed by atoms with Gasteiger partial charge in [0.05, 0.1) is 5.56 Å². The van der Waals surface area contributed by atoms with Crippen molar-refractivity contribution in [2.45, 2.75) is 12.3 Å². The second kappa shape index (κ2) is 6.19. The molecule has 2 rings (SSSR count). The molecule has 5 nitrogen and oxygen atoms in total. The van der Waals surface area contributed by atoms with Crippen molar-refractivity contribution in [2.75, 3.05) is 12.4 Å². The maximum atomic E-state index is 13.0. The fraction of sp³-hybridized carbons (Fsp3) is 0.250. The topological polar surface area (TPSA) is 64.1 Å². The monoisotopic (exact) mass is 317 g/mol. The third-order valence-electron chi connectivity index (χ3n) is 2.61. The van der Waals surface area contributed by atoms with E-state index in [9.17, 15) is 18.0 Å². The summed E-state index contributed by atoms with van der Waals surface area (Å²) in [4.78, 5) is 12.1. The Kier molecular flexibility index (Phi) is 4.53. The van der Waals surface area contributed by atoms with E-state index < -0.39 is 23.8 Å². The predicted molar refractivity (Wildman–Crippen MR) is 69.7 cm³/mol. The highest BCUT2D eigenvalue weighted by Crippen LogP contribution is 2.35. The standard InChI is InChI=1S/C12H10F3N3O2S/c1-20-9(10(19)17-11-18-16-6-21-11)7-4-2-3-5-8(7)12(13,14)15/h2-6,9H,1H3,(H,17,18,19). The predicted octanol–water partition coefficient (Wildman–Crippen LogP) is 2.88. The molecule has 0 aliphatic carbocycles. The molecule has 0 fully saturated rings. The Balaban J connectivity index is 2.31. The average molecular weight is 317 g/mol. The number of carbonyl (C=O) groups is 1. The molecule has 112 valence electrons. The van der Waals surface area contributed by atoms with Crippen molar-refractivity contribution in [3.8, 4) is 0 Å². The Bertz CT molecular complexity index is 616. The lowest BCUT2D eigenvalue weighted by Gasteiger charge is -2.19.